The third kappa shape index (κ3) is 4.13. The molecule has 3 rings (SSSR count). The van der Waals surface area contributed by atoms with Crippen LogP contribution in [0.1, 0.15) is 18.4 Å². The Morgan fingerprint density at radius 2 is 1.55 bits per heavy atom. The molecular weight excluding hydrogens is 290 g/mol. The van der Waals surface area contributed by atoms with Crippen molar-refractivity contribution in [1.29, 1.82) is 0 Å². The van der Waals surface area contributed by atoms with Gasteiger partial charge < -0.3 is 10.4 Å². The molecule has 0 aliphatic carbocycles. The minimum atomic E-state index is -0.505. The highest BCUT2D eigenvalue weighted by molar-refractivity contribution is 7.99. The fourth-order valence-corrected chi connectivity index (χ4v) is 4.07. The van der Waals surface area contributed by atoms with Gasteiger partial charge in [0, 0.05) is 13.1 Å². The van der Waals surface area contributed by atoms with E-state index in [-0.39, 0.29) is 0 Å². The van der Waals surface area contributed by atoms with Crippen molar-refractivity contribution in [2.45, 2.75) is 25.0 Å². The molecule has 3 heteroatoms. The fraction of sp³-hybridized carbons (Fsp3) is 0.368. The first kappa shape index (κ1) is 15.6. The van der Waals surface area contributed by atoms with Crippen molar-refractivity contribution >= 4 is 11.8 Å². The molecule has 2 N–H and O–H groups in total. The molecule has 2 aromatic carbocycles. The van der Waals surface area contributed by atoms with Crippen molar-refractivity contribution in [3.05, 3.63) is 60.2 Å². The first-order valence-corrected chi connectivity index (χ1v) is 9.06. The third-order valence-electron chi connectivity index (χ3n) is 4.27. The zero-order valence-electron chi connectivity index (χ0n) is 12.8. The van der Waals surface area contributed by atoms with E-state index in [2.05, 4.69) is 53.8 Å². The molecule has 0 amide bonds. The van der Waals surface area contributed by atoms with Gasteiger partial charge >= 0.3 is 0 Å². The van der Waals surface area contributed by atoms with E-state index < -0.39 is 5.60 Å². The standard InChI is InChI=1S/C19H23NOS/c21-19(10-12-22-13-11-19)15-20-14-16-6-8-18(9-7-16)17-4-2-1-3-5-17/h1-9,20-21H,10-15H2. The smallest absolute Gasteiger partial charge is 0.0787 e. The maximum atomic E-state index is 10.5. The molecule has 1 aliphatic heterocycles. The van der Waals surface area contributed by atoms with Crippen molar-refractivity contribution in [2.24, 2.45) is 0 Å². The number of aliphatic hydroxyl groups is 1. The minimum absolute atomic E-state index is 0.505. The summed E-state index contributed by atoms with van der Waals surface area (Å²) in [5.41, 5.74) is 3.24. The molecule has 0 saturated carbocycles. The normalized spacial score (nSPS) is 17.3. The van der Waals surface area contributed by atoms with Gasteiger partial charge in [-0.15, -0.1) is 0 Å². The van der Waals surface area contributed by atoms with Gasteiger partial charge in [-0.1, -0.05) is 54.6 Å². The van der Waals surface area contributed by atoms with Crippen LogP contribution >= 0.6 is 11.8 Å². The Hall–Kier alpha value is -1.29. The lowest BCUT2D eigenvalue weighted by Gasteiger charge is -2.32. The summed E-state index contributed by atoms with van der Waals surface area (Å²) in [6, 6.07) is 19.1. The van der Waals surface area contributed by atoms with E-state index in [1.165, 1.54) is 16.7 Å². The van der Waals surface area contributed by atoms with Crippen LogP contribution in [0.5, 0.6) is 0 Å². The highest BCUT2D eigenvalue weighted by atomic mass is 32.2. The monoisotopic (exact) mass is 313 g/mol. The van der Waals surface area contributed by atoms with Crippen LogP contribution in [0, 0.1) is 0 Å². The van der Waals surface area contributed by atoms with Crippen LogP contribution in [-0.2, 0) is 6.54 Å². The molecular formula is C19H23NOS. The highest BCUT2D eigenvalue weighted by Crippen LogP contribution is 2.26. The summed E-state index contributed by atoms with van der Waals surface area (Å²) >= 11 is 1.94. The molecule has 0 aromatic heterocycles. The topological polar surface area (TPSA) is 32.3 Å². The van der Waals surface area contributed by atoms with Crippen LogP contribution in [0.3, 0.4) is 0 Å². The number of nitrogens with one attached hydrogen (secondary N) is 1. The predicted molar refractivity (Wildman–Crippen MR) is 95.1 cm³/mol. The van der Waals surface area contributed by atoms with E-state index in [1.807, 2.05) is 17.8 Å². The van der Waals surface area contributed by atoms with Crippen molar-refractivity contribution in [3.63, 3.8) is 0 Å². The first-order chi connectivity index (χ1) is 10.8. The van der Waals surface area contributed by atoms with Gasteiger partial charge in [-0.3, -0.25) is 0 Å². The Kier molecular flexibility index (Phi) is 5.19. The molecule has 0 radical (unpaired) electrons. The highest BCUT2D eigenvalue weighted by Gasteiger charge is 2.28. The lowest BCUT2D eigenvalue weighted by molar-refractivity contribution is 0.0320. The van der Waals surface area contributed by atoms with Crippen molar-refractivity contribution < 1.29 is 5.11 Å². The van der Waals surface area contributed by atoms with Gasteiger partial charge in [-0.25, -0.2) is 0 Å². The second-order valence-corrected chi connectivity index (χ2v) is 7.23. The molecule has 1 saturated heterocycles. The maximum Gasteiger partial charge on any atom is 0.0787 e. The Morgan fingerprint density at radius 3 is 2.23 bits per heavy atom. The Labute approximate surface area is 137 Å². The zero-order valence-corrected chi connectivity index (χ0v) is 13.6. The van der Waals surface area contributed by atoms with Gasteiger partial charge in [0.1, 0.15) is 0 Å². The average molecular weight is 313 g/mol. The third-order valence-corrected chi connectivity index (χ3v) is 5.25. The van der Waals surface area contributed by atoms with Gasteiger partial charge in [0.25, 0.3) is 0 Å². The van der Waals surface area contributed by atoms with E-state index in [4.69, 9.17) is 0 Å². The lowest BCUT2D eigenvalue weighted by atomic mass is 9.97. The van der Waals surface area contributed by atoms with E-state index in [1.54, 1.807) is 0 Å². The summed E-state index contributed by atoms with van der Waals surface area (Å²) in [5.74, 6) is 2.15. The number of thioether (sulfide) groups is 1. The predicted octanol–water partition coefficient (Wildman–Crippen LogP) is 3.70. The molecule has 0 atom stereocenters. The van der Waals surface area contributed by atoms with E-state index in [0.29, 0.717) is 6.54 Å². The van der Waals surface area contributed by atoms with Crippen molar-refractivity contribution in [2.75, 3.05) is 18.1 Å². The van der Waals surface area contributed by atoms with Gasteiger partial charge in [0.2, 0.25) is 0 Å². The van der Waals surface area contributed by atoms with Gasteiger partial charge in [-0.05, 0) is 41.0 Å². The summed E-state index contributed by atoms with van der Waals surface area (Å²) in [5, 5.41) is 13.9. The number of hydrogen-bond acceptors (Lipinski definition) is 3. The molecule has 116 valence electrons. The van der Waals surface area contributed by atoms with Crippen molar-refractivity contribution in [3.8, 4) is 11.1 Å². The van der Waals surface area contributed by atoms with Crippen LogP contribution in [0.2, 0.25) is 0 Å². The summed E-state index contributed by atoms with van der Waals surface area (Å²) in [7, 11) is 0. The van der Waals surface area contributed by atoms with Gasteiger partial charge in [-0.2, -0.15) is 11.8 Å². The molecule has 1 heterocycles. The molecule has 1 aliphatic rings. The second kappa shape index (κ2) is 7.32. The first-order valence-electron chi connectivity index (χ1n) is 7.90. The summed E-state index contributed by atoms with van der Waals surface area (Å²) < 4.78 is 0. The second-order valence-electron chi connectivity index (χ2n) is 6.00. The molecule has 0 spiro atoms. The summed E-state index contributed by atoms with van der Waals surface area (Å²) in [6.45, 7) is 1.50. The Bertz CT molecular complexity index is 576. The summed E-state index contributed by atoms with van der Waals surface area (Å²) in [6.07, 6.45) is 1.80. The Morgan fingerprint density at radius 1 is 0.909 bits per heavy atom. The van der Waals surface area contributed by atoms with E-state index >= 15 is 0 Å². The number of hydrogen-bond donors (Lipinski definition) is 2. The number of rotatable bonds is 5. The zero-order chi connectivity index (χ0) is 15.3. The molecule has 2 nitrogen and oxygen atoms in total. The van der Waals surface area contributed by atoms with E-state index in [0.717, 1.165) is 30.9 Å². The maximum absolute atomic E-state index is 10.5. The van der Waals surface area contributed by atoms with Gasteiger partial charge in [0.15, 0.2) is 0 Å². The van der Waals surface area contributed by atoms with Gasteiger partial charge in [0.05, 0.1) is 5.60 Å². The fourth-order valence-electron chi connectivity index (χ4n) is 2.81. The minimum Gasteiger partial charge on any atom is -0.389 e. The van der Waals surface area contributed by atoms with Crippen LogP contribution in [0.4, 0.5) is 0 Å². The molecule has 2 aromatic rings. The largest absolute Gasteiger partial charge is 0.389 e. The average Bonchev–Trinajstić information content (AvgIpc) is 2.57. The Balaban J connectivity index is 1.53. The molecule has 0 unspecified atom stereocenters. The van der Waals surface area contributed by atoms with Crippen LogP contribution in [0.25, 0.3) is 11.1 Å². The van der Waals surface area contributed by atoms with Crippen molar-refractivity contribution in [1.82, 2.24) is 5.32 Å². The van der Waals surface area contributed by atoms with Crippen LogP contribution < -0.4 is 5.32 Å². The molecule has 1 fully saturated rings. The molecule has 22 heavy (non-hydrogen) atoms. The summed E-state index contributed by atoms with van der Waals surface area (Å²) in [4.78, 5) is 0. The van der Waals surface area contributed by atoms with E-state index in [9.17, 15) is 5.11 Å². The van der Waals surface area contributed by atoms with Crippen LogP contribution in [0.15, 0.2) is 54.6 Å². The quantitative estimate of drug-likeness (QED) is 0.883. The molecule has 0 bridgehead atoms. The number of benzene rings is 2. The SMILES string of the molecule is OC1(CNCc2ccc(-c3ccccc3)cc2)CCSCC1. The lowest BCUT2D eigenvalue weighted by Crippen LogP contribution is -2.43. The van der Waals surface area contributed by atoms with Crippen LogP contribution in [-0.4, -0.2) is 28.8 Å².